The highest BCUT2D eigenvalue weighted by molar-refractivity contribution is 6.01. The molecule has 4 rings (SSSR count). The fraction of sp³-hybridized carbons (Fsp3) is 0.172. The predicted octanol–water partition coefficient (Wildman–Crippen LogP) is 5.71. The number of carbonyl (C=O) groups excluding carboxylic acids is 3. The number of amides is 3. The molecule has 1 aromatic heterocycles. The molecule has 1 atom stereocenters. The van der Waals surface area contributed by atoms with E-state index in [1.165, 1.54) is 13.2 Å². The van der Waals surface area contributed by atoms with Crippen LogP contribution in [0.5, 0.6) is 11.5 Å². The number of ether oxygens (including phenoxy) is 2. The Labute approximate surface area is 225 Å². The van der Waals surface area contributed by atoms with E-state index in [4.69, 9.17) is 14.0 Å². The lowest BCUT2D eigenvalue weighted by molar-refractivity contribution is -0.144. The lowest BCUT2D eigenvalue weighted by Crippen LogP contribution is -2.44. The summed E-state index contributed by atoms with van der Waals surface area (Å²) in [6, 6.07) is 23.5. The minimum Gasteiger partial charge on any atom is -0.467 e. The molecular weight excluding hydrogens is 500 g/mol. The van der Waals surface area contributed by atoms with Gasteiger partial charge in [0.15, 0.2) is 5.75 Å². The monoisotopic (exact) mass is 528 g/mol. The lowest BCUT2D eigenvalue weighted by Gasteiger charge is -2.18. The number of rotatable bonds is 9. The highest BCUT2D eigenvalue weighted by Gasteiger charge is 2.27. The van der Waals surface area contributed by atoms with E-state index >= 15 is 0 Å². The summed E-state index contributed by atoms with van der Waals surface area (Å²) in [6.45, 7) is 3.58. The number of nitrogens with zero attached hydrogens (tertiary/aromatic N) is 1. The van der Waals surface area contributed by atoms with E-state index in [0.717, 1.165) is 0 Å². The standard InChI is InChI=1S/C29H28N4O6/c1-18(2)26(28(35)37-3)32-27(34)25-17-23(33-39-25)19-13-15-20(16-14-19)30-29(36)31-22-11-7-8-12-24(22)38-21-9-5-4-6-10-21/h4-18,26H,1-3H3,(H,32,34)(H2,30,31,36). The molecule has 0 aliphatic carbocycles. The van der Waals surface area contributed by atoms with Crippen LogP contribution in [0.3, 0.4) is 0 Å². The Morgan fingerprint density at radius 3 is 2.26 bits per heavy atom. The quantitative estimate of drug-likeness (QED) is 0.237. The summed E-state index contributed by atoms with van der Waals surface area (Å²) in [6.07, 6.45) is 0. The average Bonchev–Trinajstić information content (AvgIpc) is 3.44. The third kappa shape index (κ3) is 7.01. The van der Waals surface area contributed by atoms with Crippen LogP contribution in [-0.2, 0) is 9.53 Å². The van der Waals surface area contributed by atoms with Crippen molar-refractivity contribution < 1.29 is 28.4 Å². The summed E-state index contributed by atoms with van der Waals surface area (Å²) in [4.78, 5) is 37.1. The van der Waals surface area contributed by atoms with Crippen molar-refractivity contribution in [1.29, 1.82) is 0 Å². The van der Waals surface area contributed by atoms with Gasteiger partial charge in [-0.15, -0.1) is 0 Å². The largest absolute Gasteiger partial charge is 0.467 e. The first-order chi connectivity index (χ1) is 18.8. The van der Waals surface area contributed by atoms with Gasteiger partial charge in [-0.05, 0) is 42.3 Å². The third-order valence-electron chi connectivity index (χ3n) is 5.69. The number of benzene rings is 3. The van der Waals surface area contributed by atoms with E-state index in [2.05, 4.69) is 21.1 Å². The normalized spacial score (nSPS) is 11.4. The first-order valence-corrected chi connectivity index (χ1v) is 12.2. The fourth-order valence-electron chi connectivity index (χ4n) is 3.64. The number of anilines is 2. The van der Waals surface area contributed by atoms with Gasteiger partial charge in [0.1, 0.15) is 17.5 Å². The Morgan fingerprint density at radius 1 is 0.872 bits per heavy atom. The van der Waals surface area contributed by atoms with Gasteiger partial charge in [-0.3, -0.25) is 4.79 Å². The molecule has 0 aliphatic heterocycles. The number of para-hydroxylation sites is 3. The van der Waals surface area contributed by atoms with Crippen LogP contribution in [0.25, 0.3) is 11.3 Å². The zero-order valence-corrected chi connectivity index (χ0v) is 21.6. The molecule has 10 heteroatoms. The molecule has 10 nitrogen and oxygen atoms in total. The number of nitrogens with one attached hydrogen (secondary N) is 3. The first-order valence-electron chi connectivity index (χ1n) is 12.2. The molecule has 3 aromatic carbocycles. The predicted molar refractivity (Wildman–Crippen MR) is 146 cm³/mol. The van der Waals surface area contributed by atoms with Gasteiger partial charge in [-0.1, -0.05) is 61.5 Å². The molecule has 3 amide bonds. The Bertz CT molecular complexity index is 1430. The minimum absolute atomic E-state index is 0.0440. The zero-order chi connectivity index (χ0) is 27.8. The van der Waals surface area contributed by atoms with Crippen molar-refractivity contribution in [2.24, 2.45) is 5.92 Å². The molecular formula is C29H28N4O6. The lowest BCUT2D eigenvalue weighted by atomic mass is 10.0. The number of hydrogen-bond acceptors (Lipinski definition) is 7. The Hall–Kier alpha value is -5.12. The van der Waals surface area contributed by atoms with E-state index in [1.54, 1.807) is 56.3 Å². The summed E-state index contributed by atoms with van der Waals surface area (Å²) in [7, 11) is 1.26. The highest BCUT2D eigenvalue weighted by atomic mass is 16.5. The number of carbonyl (C=O) groups is 3. The average molecular weight is 529 g/mol. The van der Waals surface area contributed by atoms with Crippen LogP contribution in [-0.4, -0.2) is 36.2 Å². The highest BCUT2D eigenvalue weighted by Crippen LogP contribution is 2.29. The molecule has 0 bridgehead atoms. The number of aromatic nitrogens is 1. The Morgan fingerprint density at radius 2 is 1.56 bits per heavy atom. The van der Waals surface area contributed by atoms with Gasteiger partial charge >= 0.3 is 12.0 Å². The van der Waals surface area contributed by atoms with Gasteiger partial charge in [0.05, 0.1) is 12.8 Å². The molecule has 1 unspecified atom stereocenters. The molecule has 0 radical (unpaired) electrons. The van der Waals surface area contributed by atoms with Crippen LogP contribution in [0.1, 0.15) is 24.4 Å². The van der Waals surface area contributed by atoms with Gasteiger partial charge in [-0.25, -0.2) is 9.59 Å². The minimum atomic E-state index is -0.815. The molecule has 0 saturated carbocycles. The molecule has 0 saturated heterocycles. The van der Waals surface area contributed by atoms with Crippen molar-refractivity contribution in [3.63, 3.8) is 0 Å². The van der Waals surface area contributed by atoms with Crippen molar-refractivity contribution >= 4 is 29.3 Å². The molecule has 4 aromatic rings. The number of esters is 1. The number of methoxy groups -OCH3 is 1. The second-order valence-electron chi connectivity index (χ2n) is 8.86. The Kier molecular flexibility index (Phi) is 8.57. The van der Waals surface area contributed by atoms with E-state index in [-0.39, 0.29) is 11.7 Å². The van der Waals surface area contributed by atoms with Crippen molar-refractivity contribution in [1.82, 2.24) is 10.5 Å². The van der Waals surface area contributed by atoms with Crippen LogP contribution in [0.15, 0.2) is 89.5 Å². The van der Waals surface area contributed by atoms with E-state index < -0.39 is 23.9 Å². The van der Waals surface area contributed by atoms with E-state index in [0.29, 0.717) is 34.1 Å². The van der Waals surface area contributed by atoms with Crippen LogP contribution in [0, 0.1) is 5.92 Å². The van der Waals surface area contributed by atoms with Gasteiger partial charge in [-0.2, -0.15) is 0 Å². The molecule has 200 valence electrons. The van der Waals surface area contributed by atoms with Crippen molar-refractivity contribution in [3.8, 4) is 22.8 Å². The maximum Gasteiger partial charge on any atom is 0.328 e. The maximum atomic E-state index is 12.6. The molecule has 39 heavy (non-hydrogen) atoms. The second kappa shape index (κ2) is 12.4. The Balaban J connectivity index is 1.37. The van der Waals surface area contributed by atoms with Gasteiger partial charge in [0, 0.05) is 17.3 Å². The van der Waals surface area contributed by atoms with Gasteiger partial charge in [0.25, 0.3) is 5.91 Å². The molecule has 3 N–H and O–H groups in total. The molecule has 0 spiro atoms. The van der Waals surface area contributed by atoms with E-state index in [9.17, 15) is 14.4 Å². The maximum absolute atomic E-state index is 12.6. The summed E-state index contributed by atoms with van der Waals surface area (Å²) in [5.41, 5.74) is 2.13. The summed E-state index contributed by atoms with van der Waals surface area (Å²) >= 11 is 0. The molecule has 0 aliphatic rings. The van der Waals surface area contributed by atoms with Crippen LogP contribution in [0.4, 0.5) is 16.2 Å². The first kappa shape index (κ1) is 26.9. The third-order valence-corrected chi connectivity index (χ3v) is 5.69. The number of hydrogen-bond donors (Lipinski definition) is 3. The fourth-order valence-corrected chi connectivity index (χ4v) is 3.64. The van der Waals surface area contributed by atoms with Crippen molar-refractivity contribution in [2.75, 3.05) is 17.7 Å². The van der Waals surface area contributed by atoms with Crippen LogP contribution >= 0.6 is 0 Å². The summed E-state index contributed by atoms with van der Waals surface area (Å²) in [5, 5.41) is 12.1. The van der Waals surface area contributed by atoms with E-state index in [1.807, 2.05) is 36.4 Å². The zero-order valence-electron chi connectivity index (χ0n) is 21.6. The van der Waals surface area contributed by atoms with Gasteiger partial charge < -0.3 is 29.9 Å². The second-order valence-corrected chi connectivity index (χ2v) is 8.86. The summed E-state index contributed by atoms with van der Waals surface area (Å²) in [5.74, 6) is -0.184. The van der Waals surface area contributed by atoms with Crippen molar-refractivity contribution in [2.45, 2.75) is 19.9 Å². The van der Waals surface area contributed by atoms with Gasteiger partial charge in [0.2, 0.25) is 5.76 Å². The smallest absolute Gasteiger partial charge is 0.328 e. The SMILES string of the molecule is COC(=O)C(NC(=O)c1cc(-c2ccc(NC(=O)Nc3ccccc3Oc3ccccc3)cc2)no1)C(C)C. The topological polar surface area (TPSA) is 132 Å². The van der Waals surface area contributed by atoms with Crippen LogP contribution < -0.4 is 20.7 Å². The summed E-state index contributed by atoms with van der Waals surface area (Å²) < 4.78 is 15.8. The molecule has 1 heterocycles. The molecule has 0 fully saturated rings. The van der Waals surface area contributed by atoms with Crippen LogP contribution in [0.2, 0.25) is 0 Å². The van der Waals surface area contributed by atoms with Crippen molar-refractivity contribution in [3.05, 3.63) is 90.7 Å². The number of urea groups is 1.